The summed E-state index contributed by atoms with van der Waals surface area (Å²) in [5, 5.41) is 2.83. The summed E-state index contributed by atoms with van der Waals surface area (Å²) in [5.41, 5.74) is 7.79. The number of rotatable bonds is 8. The SMILES string of the molecule is COC(CN)CC(=O)NCc1ccc(N(C)C(=O)c2ccncc2)cc1.Cl.Cl. The first-order chi connectivity index (χ1) is 12.5. The fourth-order valence-corrected chi connectivity index (χ4v) is 2.39. The van der Waals surface area contributed by atoms with E-state index in [2.05, 4.69) is 10.3 Å². The van der Waals surface area contributed by atoms with Gasteiger partial charge in [0, 0.05) is 50.9 Å². The molecule has 1 unspecified atom stereocenters. The molecular weight excluding hydrogens is 403 g/mol. The van der Waals surface area contributed by atoms with Crippen LogP contribution in [0.15, 0.2) is 48.8 Å². The van der Waals surface area contributed by atoms with Crippen molar-refractivity contribution in [2.75, 3.05) is 25.6 Å². The monoisotopic (exact) mass is 428 g/mol. The van der Waals surface area contributed by atoms with E-state index in [9.17, 15) is 9.59 Å². The first kappa shape index (κ1) is 25.8. The lowest BCUT2D eigenvalue weighted by molar-refractivity contribution is -0.123. The number of methoxy groups -OCH3 is 1. The fraction of sp³-hybridized carbons (Fsp3) is 0.316. The van der Waals surface area contributed by atoms with Gasteiger partial charge in [-0.05, 0) is 29.8 Å². The number of ether oxygens (including phenoxy) is 1. The van der Waals surface area contributed by atoms with Gasteiger partial charge < -0.3 is 20.7 Å². The number of benzene rings is 1. The van der Waals surface area contributed by atoms with Crippen LogP contribution in [-0.2, 0) is 16.1 Å². The molecule has 154 valence electrons. The van der Waals surface area contributed by atoms with E-state index >= 15 is 0 Å². The number of nitrogens with two attached hydrogens (primary N) is 1. The highest BCUT2D eigenvalue weighted by atomic mass is 35.5. The Morgan fingerprint density at radius 1 is 1.14 bits per heavy atom. The molecule has 2 aromatic rings. The van der Waals surface area contributed by atoms with E-state index < -0.39 is 0 Å². The van der Waals surface area contributed by atoms with Crippen LogP contribution in [0.25, 0.3) is 0 Å². The van der Waals surface area contributed by atoms with Crippen LogP contribution in [0.3, 0.4) is 0 Å². The molecule has 7 nitrogen and oxygen atoms in total. The maximum absolute atomic E-state index is 12.4. The Bertz CT molecular complexity index is 726. The summed E-state index contributed by atoms with van der Waals surface area (Å²) in [5.74, 6) is -0.225. The molecule has 0 aliphatic rings. The van der Waals surface area contributed by atoms with Gasteiger partial charge >= 0.3 is 0 Å². The summed E-state index contributed by atoms with van der Waals surface area (Å²) in [4.78, 5) is 29.8. The normalized spacial score (nSPS) is 10.8. The summed E-state index contributed by atoms with van der Waals surface area (Å²) < 4.78 is 5.10. The van der Waals surface area contributed by atoms with E-state index in [0.29, 0.717) is 18.7 Å². The summed E-state index contributed by atoms with van der Waals surface area (Å²) in [6.07, 6.45) is 3.14. The second-order valence-electron chi connectivity index (χ2n) is 5.84. The largest absolute Gasteiger partial charge is 0.380 e. The van der Waals surface area contributed by atoms with E-state index in [4.69, 9.17) is 10.5 Å². The number of anilines is 1. The van der Waals surface area contributed by atoms with Gasteiger partial charge in [-0.15, -0.1) is 24.8 Å². The van der Waals surface area contributed by atoms with Gasteiger partial charge in [-0.1, -0.05) is 12.1 Å². The van der Waals surface area contributed by atoms with Crippen LogP contribution in [0.5, 0.6) is 0 Å². The van der Waals surface area contributed by atoms with Crippen LogP contribution < -0.4 is 16.0 Å². The smallest absolute Gasteiger partial charge is 0.258 e. The minimum atomic E-state index is -0.273. The number of hydrogen-bond donors (Lipinski definition) is 2. The zero-order valence-electron chi connectivity index (χ0n) is 15.8. The number of nitrogens with zero attached hydrogens (tertiary/aromatic N) is 2. The molecule has 0 saturated carbocycles. The van der Waals surface area contributed by atoms with Crippen LogP contribution >= 0.6 is 24.8 Å². The molecule has 0 radical (unpaired) electrons. The third-order valence-electron chi connectivity index (χ3n) is 4.05. The molecule has 0 bridgehead atoms. The van der Waals surface area contributed by atoms with Crippen LogP contribution in [0.4, 0.5) is 5.69 Å². The average Bonchev–Trinajstić information content (AvgIpc) is 2.70. The van der Waals surface area contributed by atoms with Crippen molar-refractivity contribution in [3.05, 3.63) is 59.9 Å². The number of halogens is 2. The molecule has 0 aliphatic carbocycles. The van der Waals surface area contributed by atoms with E-state index in [0.717, 1.165) is 11.3 Å². The molecule has 3 N–H and O–H groups in total. The predicted molar refractivity (Wildman–Crippen MR) is 114 cm³/mol. The highest BCUT2D eigenvalue weighted by Gasteiger charge is 2.14. The van der Waals surface area contributed by atoms with Crippen LogP contribution in [-0.4, -0.2) is 43.6 Å². The second kappa shape index (κ2) is 13.1. The van der Waals surface area contributed by atoms with Crippen molar-refractivity contribution in [2.45, 2.75) is 19.1 Å². The molecule has 0 spiro atoms. The molecule has 1 atom stereocenters. The zero-order chi connectivity index (χ0) is 18.9. The van der Waals surface area contributed by atoms with E-state index in [1.54, 1.807) is 36.5 Å². The van der Waals surface area contributed by atoms with Crippen molar-refractivity contribution in [3.8, 4) is 0 Å². The lowest BCUT2D eigenvalue weighted by Crippen LogP contribution is -2.31. The standard InChI is InChI=1S/C19H24N4O3.2ClH/c1-23(19(25)15-7-9-21-10-8-15)16-5-3-14(4-6-16)13-22-18(24)11-17(12-20)26-2;;/h3-10,17H,11-13,20H2,1-2H3,(H,22,24);2*1H. The molecule has 0 fully saturated rings. The van der Waals surface area contributed by atoms with Crippen molar-refractivity contribution in [1.29, 1.82) is 0 Å². The molecule has 2 amide bonds. The van der Waals surface area contributed by atoms with Gasteiger partial charge in [-0.25, -0.2) is 0 Å². The Morgan fingerprint density at radius 3 is 2.29 bits per heavy atom. The third-order valence-corrected chi connectivity index (χ3v) is 4.05. The molecular formula is C19H26Cl2N4O3. The molecule has 2 rings (SSSR count). The van der Waals surface area contributed by atoms with Crippen molar-refractivity contribution in [3.63, 3.8) is 0 Å². The first-order valence-corrected chi connectivity index (χ1v) is 8.31. The van der Waals surface area contributed by atoms with Crippen molar-refractivity contribution < 1.29 is 14.3 Å². The van der Waals surface area contributed by atoms with Gasteiger partial charge in [0.2, 0.25) is 5.91 Å². The Kier molecular flexibility index (Phi) is 12.0. The molecule has 0 saturated heterocycles. The van der Waals surface area contributed by atoms with Gasteiger partial charge in [0.1, 0.15) is 0 Å². The second-order valence-corrected chi connectivity index (χ2v) is 5.84. The lowest BCUT2D eigenvalue weighted by atomic mass is 10.1. The van der Waals surface area contributed by atoms with Crippen LogP contribution in [0.1, 0.15) is 22.3 Å². The van der Waals surface area contributed by atoms with E-state index in [1.807, 2.05) is 24.3 Å². The zero-order valence-corrected chi connectivity index (χ0v) is 17.5. The summed E-state index contributed by atoms with van der Waals surface area (Å²) in [7, 11) is 3.25. The van der Waals surface area contributed by atoms with Crippen LogP contribution in [0.2, 0.25) is 0 Å². The molecule has 0 aliphatic heterocycles. The number of amides is 2. The third kappa shape index (κ3) is 7.44. The van der Waals surface area contributed by atoms with Gasteiger partial charge in [0.05, 0.1) is 12.5 Å². The Hall–Kier alpha value is -2.19. The predicted octanol–water partition coefficient (Wildman–Crippen LogP) is 2.18. The fourth-order valence-electron chi connectivity index (χ4n) is 2.39. The first-order valence-electron chi connectivity index (χ1n) is 8.31. The highest BCUT2D eigenvalue weighted by Crippen LogP contribution is 2.16. The van der Waals surface area contributed by atoms with Gasteiger partial charge in [-0.2, -0.15) is 0 Å². The summed E-state index contributed by atoms with van der Waals surface area (Å²) in [6, 6.07) is 10.8. The van der Waals surface area contributed by atoms with Crippen molar-refractivity contribution in [1.82, 2.24) is 10.3 Å². The quantitative estimate of drug-likeness (QED) is 0.671. The number of carbonyl (C=O) groups is 2. The molecule has 1 aromatic heterocycles. The number of carbonyl (C=O) groups excluding carboxylic acids is 2. The van der Waals surface area contributed by atoms with Crippen LogP contribution in [0, 0.1) is 0 Å². The van der Waals surface area contributed by atoms with Gasteiger partial charge in [0.15, 0.2) is 0 Å². The number of aromatic nitrogens is 1. The summed E-state index contributed by atoms with van der Waals surface area (Å²) in [6.45, 7) is 0.707. The van der Waals surface area contributed by atoms with Crippen molar-refractivity contribution in [2.24, 2.45) is 5.73 Å². The minimum absolute atomic E-state index is 0. The number of pyridine rings is 1. The Labute approximate surface area is 177 Å². The van der Waals surface area contributed by atoms with Crippen molar-refractivity contribution >= 4 is 42.3 Å². The van der Waals surface area contributed by atoms with E-state index in [-0.39, 0.29) is 49.2 Å². The maximum atomic E-state index is 12.4. The van der Waals surface area contributed by atoms with E-state index in [1.165, 1.54) is 7.11 Å². The molecule has 9 heteroatoms. The maximum Gasteiger partial charge on any atom is 0.258 e. The molecule has 28 heavy (non-hydrogen) atoms. The Morgan fingerprint density at radius 2 is 1.75 bits per heavy atom. The molecule has 1 heterocycles. The van der Waals surface area contributed by atoms with Gasteiger partial charge in [-0.3, -0.25) is 14.6 Å². The lowest BCUT2D eigenvalue weighted by Gasteiger charge is -2.18. The summed E-state index contributed by atoms with van der Waals surface area (Å²) >= 11 is 0. The number of hydrogen-bond acceptors (Lipinski definition) is 5. The highest BCUT2D eigenvalue weighted by molar-refractivity contribution is 6.05. The minimum Gasteiger partial charge on any atom is -0.380 e. The molecule has 1 aromatic carbocycles. The number of nitrogens with one attached hydrogen (secondary N) is 1. The average molecular weight is 429 g/mol. The van der Waals surface area contributed by atoms with Gasteiger partial charge in [0.25, 0.3) is 5.91 Å². The topological polar surface area (TPSA) is 97.5 Å². The Balaban J connectivity index is 0.00000364.